The van der Waals surface area contributed by atoms with Crippen molar-refractivity contribution in [3.05, 3.63) is 29.3 Å². The van der Waals surface area contributed by atoms with Crippen LogP contribution in [0.15, 0.2) is 18.2 Å². The third kappa shape index (κ3) is 4.22. The van der Waals surface area contributed by atoms with E-state index < -0.39 is 0 Å². The first-order valence-corrected chi connectivity index (χ1v) is 7.70. The molecule has 0 spiro atoms. The Balaban J connectivity index is 2.05. The van der Waals surface area contributed by atoms with Crippen LogP contribution in [0.5, 0.6) is 0 Å². The Morgan fingerprint density at radius 3 is 2.65 bits per heavy atom. The van der Waals surface area contributed by atoms with Gasteiger partial charge in [-0.2, -0.15) is 0 Å². The number of rotatable bonds is 8. The molecule has 2 rings (SSSR count). The fraction of sp³-hybridized carbons (Fsp3) is 0.647. The van der Waals surface area contributed by atoms with Crippen molar-refractivity contribution in [3.8, 4) is 0 Å². The summed E-state index contributed by atoms with van der Waals surface area (Å²) in [4.78, 5) is 2.50. The molecule has 1 fully saturated rings. The lowest BCUT2D eigenvalue weighted by atomic mass is 10.1. The van der Waals surface area contributed by atoms with Crippen LogP contribution in [0.1, 0.15) is 37.8 Å². The van der Waals surface area contributed by atoms with Crippen LogP contribution in [0, 0.1) is 6.92 Å². The molecule has 0 aliphatic heterocycles. The van der Waals surface area contributed by atoms with Gasteiger partial charge in [0, 0.05) is 38.0 Å². The Morgan fingerprint density at radius 2 is 2.10 bits per heavy atom. The maximum Gasteiger partial charge on any atom is 0.0637 e. The van der Waals surface area contributed by atoms with Crippen LogP contribution in [0.3, 0.4) is 0 Å². The number of nitrogens with zero attached hydrogens (tertiary/aromatic N) is 1. The fourth-order valence-corrected chi connectivity index (χ4v) is 2.47. The zero-order valence-electron chi connectivity index (χ0n) is 13.3. The van der Waals surface area contributed by atoms with Crippen LogP contribution < -0.4 is 10.2 Å². The van der Waals surface area contributed by atoms with E-state index in [1.807, 2.05) is 0 Å². The van der Waals surface area contributed by atoms with Crippen molar-refractivity contribution in [2.75, 3.05) is 25.2 Å². The molecule has 0 saturated heterocycles. The number of nitrogens with one attached hydrogen (secondary N) is 1. The third-order valence-electron chi connectivity index (χ3n) is 3.88. The maximum absolute atomic E-state index is 5.24. The summed E-state index contributed by atoms with van der Waals surface area (Å²) >= 11 is 0. The Kier molecular flexibility index (Phi) is 5.44. The van der Waals surface area contributed by atoms with Crippen molar-refractivity contribution in [3.63, 3.8) is 0 Å². The lowest BCUT2D eigenvalue weighted by molar-refractivity contribution is 0.205. The second kappa shape index (κ2) is 7.09. The highest BCUT2D eigenvalue weighted by Crippen LogP contribution is 2.32. The Bertz CT molecular complexity index is 427. The van der Waals surface area contributed by atoms with Gasteiger partial charge < -0.3 is 15.0 Å². The summed E-state index contributed by atoms with van der Waals surface area (Å²) in [5.74, 6) is 0. The minimum Gasteiger partial charge on any atom is -0.383 e. The summed E-state index contributed by atoms with van der Waals surface area (Å²) < 4.78 is 5.24. The molecule has 0 heterocycles. The van der Waals surface area contributed by atoms with Crippen LogP contribution in [0.25, 0.3) is 0 Å². The van der Waals surface area contributed by atoms with E-state index >= 15 is 0 Å². The van der Waals surface area contributed by atoms with Crippen molar-refractivity contribution in [1.82, 2.24) is 5.32 Å². The molecule has 20 heavy (non-hydrogen) atoms. The summed E-state index contributed by atoms with van der Waals surface area (Å²) in [6.07, 6.45) is 2.64. The smallest absolute Gasteiger partial charge is 0.0637 e. The van der Waals surface area contributed by atoms with Gasteiger partial charge in [0.05, 0.1) is 6.61 Å². The highest BCUT2D eigenvalue weighted by molar-refractivity contribution is 5.52. The van der Waals surface area contributed by atoms with Gasteiger partial charge in [-0.15, -0.1) is 0 Å². The van der Waals surface area contributed by atoms with Gasteiger partial charge in [-0.05, 0) is 43.0 Å². The maximum atomic E-state index is 5.24. The summed E-state index contributed by atoms with van der Waals surface area (Å²) in [6.45, 7) is 9.32. The van der Waals surface area contributed by atoms with Crippen LogP contribution in [0.4, 0.5) is 5.69 Å². The molecule has 0 unspecified atom stereocenters. The standard InChI is InChI=1S/C17H28N2O/c1-13(2)18-12-15-5-6-17(11-14(15)3)19(9-10-20-4)16-7-8-16/h5-6,11,13,16,18H,7-10,12H2,1-4H3. The molecule has 1 aromatic rings. The Morgan fingerprint density at radius 1 is 1.35 bits per heavy atom. The molecular formula is C17H28N2O. The van der Waals surface area contributed by atoms with E-state index in [9.17, 15) is 0 Å². The van der Waals surface area contributed by atoms with Crippen molar-refractivity contribution in [2.45, 2.75) is 52.2 Å². The fourth-order valence-electron chi connectivity index (χ4n) is 2.47. The SMILES string of the molecule is COCCN(c1ccc(CNC(C)C)c(C)c1)C1CC1. The minimum absolute atomic E-state index is 0.527. The molecule has 1 aliphatic rings. The molecule has 0 atom stereocenters. The van der Waals surface area contributed by atoms with E-state index in [1.54, 1.807) is 7.11 Å². The quantitative estimate of drug-likeness (QED) is 0.789. The Labute approximate surface area is 123 Å². The molecule has 1 aromatic carbocycles. The van der Waals surface area contributed by atoms with Gasteiger partial charge >= 0.3 is 0 Å². The van der Waals surface area contributed by atoms with Gasteiger partial charge in [0.15, 0.2) is 0 Å². The monoisotopic (exact) mass is 276 g/mol. The average Bonchev–Trinajstić information content (AvgIpc) is 3.22. The molecule has 3 nitrogen and oxygen atoms in total. The van der Waals surface area contributed by atoms with E-state index in [4.69, 9.17) is 4.74 Å². The number of hydrogen-bond acceptors (Lipinski definition) is 3. The van der Waals surface area contributed by atoms with Crippen LogP contribution >= 0.6 is 0 Å². The summed E-state index contributed by atoms with van der Waals surface area (Å²) in [5.41, 5.74) is 4.11. The highest BCUT2D eigenvalue weighted by atomic mass is 16.5. The van der Waals surface area contributed by atoms with Gasteiger partial charge in [0.2, 0.25) is 0 Å². The number of anilines is 1. The van der Waals surface area contributed by atoms with Gasteiger partial charge in [-0.25, -0.2) is 0 Å². The first kappa shape index (κ1) is 15.3. The third-order valence-corrected chi connectivity index (χ3v) is 3.88. The van der Waals surface area contributed by atoms with E-state index in [0.29, 0.717) is 6.04 Å². The van der Waals surface area contributed by atoms with Crippen molar-refractivity contribution in [1.29, 1.82) is 0 Å². The van der Waals surface area contributed by atoms with E-state index in [1.165, 1.54) is 29.7 Å². The second-order valence-electron chi connectivity index (χ2n) is 6.06. The molecule has 3 heteroatoms. The number of aryl methyl sites for hydroxylation is 1. The minimum atomic E-state index is 0.527. The summed E-state index contributed by atoms with van der Waals surface area (Å²) in [5, 5.41) is 3.49. The predicted molar refractivity (Wildman–Crippen MR) is 85.4 cm³/mol. The lowest BCUT2D eigenvalue weighted by Crippen LogP contribution is -2.29. The van der Waals surface area contributed by atoms with Gasteiger partial charge in [-0.1, -0.05) is 19.9 Å². The topological polar surface area (TPSA) is 24.5 Å². The van der Waals surface area contributed by atoms with Crippen LogP contribution in [0.2, 0.25) is 0 Å². The molecule has 1 saturated carbocycles. The van der Waals surface area contributed by atoms with E-state index in [0.717, 1.165) is 25.7 Å². The average molecular weight is 276 g/mol. The molecule has 0 aromatic heterocycles. The number of ether oxygens (including phenoxy) is 1. The molecule has 0 radical (unpaired) electrons. The van der Waals surface area contributed by atoms with Gasteiger partial charge in [0.25, 0.3) is 0 Å². The normalized spacial score (nSPS) is 14.8. The van der Waals surface area contributed by atoms with Crippen molar-refractivity contribution < 1.29 is 4.74 Å². The number of hydrogen-bond donors (Lipinski definition) is 1. The predicted octanol–water partition coefficient (Wildman–Crippen LogP) is 3.11. The van der Waals surface area contributed by atoms with Gasteiger partial charge in [-0.3, -0.25) is 0 Å². The van der Waals surface area contributed by atoms with Crippen LogP contribution in [-0.4, -0.2) is 32.3 Å². The summed E-state index contributed by atoms with van der Waals surface area (Å²) in [6, 6.07) is 8.11. The molecule has 0 bridgehead atoms. The molecule has 112 valence electrons. The largest absolute Gasteiger partial charge is 0.383 e. The second-order valence-corrected chi connectivity index (χ2v) is 6.06. The lowest BCUT2D eigenvalue weighted by Gasteiger charge is -2.25. The van der Waals surface area contributed by atoms with E-state index in [-0.39, 0.29) is 0 Å². The molecule has 1 aliphatic carbocycles. The van der Waals surface area contributed by atoms with E-state index in [2.05, 4.69) is 49.2 Å². The molecule has 1 N–H and O–H groups in total. The van der Waals surface area contributed by atoms with Crippen LogP contribution in [-0.2, 0) is 11.3 Å². The Hall–Kier alpha value is -1.06. The van der Waals surface area contributed by atoms with Crippen molar-refractivity contribution in [2.24, 2.45) is 0 Å². The first-order chi connectivity index (χ1) is 9.61. The zero-order chi connectivity index (χ0) is 14.5. The molecular weight excluding hydrogens is 248 g/mol. The molecule has 0 amide bonds. The highest BCUT2D eigenvalue weighted by Gasteiger charge is 2.29. The first-order valence-electron chi connectivity index (χ1n) is 7.70. The number of methoxy groups -OCH3 is 1. The summed E-state index contributed by atoms with van der Waals surface area (Å²) in [7, 11) is 1.77. The van der Waals surface area contributed by atoms with Gasteiger partial charge in [0.1, 0.15) is 0 Å². The zero-order valence-corrected chi connectivity index (χ0v) is 13.3. The number of benzene rings is 1. The van der Waals surface area contributed by atoms with Crippen molar-refractivity contribution >= 4 is 5.69 Å².